The summed E-state index contributed by atoms with van der Waals surface area (Å²) in [6.07, 6.45) is -1.77. The first-order valence-electron chi connectivity index (χ1n) is 11.9. The standard InChI is InChI=1S/C29H27FN2O4/c1-20-18-32(28(34)31-26(20)33)27-25(30)17-24(36-27)19-35-29(21-11-5-2-6-12-21,22-13-7-3-8-14-22)23-15-9-4-10-16-23/h2-16,18,24-25,27H,17,19H2,1H3,(H,31,33,34). The predicted molar refractivity (Wildman–Crippen MR) is 135 cm³/mol. The monoisotopic (exact) mass is 486 g/mol. The van der Waals surface area contributed by atoms with Crippen LogP contribution < -0.4 is 11.2 Å². The summed E-state index contributed by atoms with van der Waals surface area (Å²) in [6.45, 7) is 1.65. The molecule has 1 aliphatic heterocycles. The molecule has 1 aromatic heterocycles. The highest BCUT2D eigenvalue weighted by molar-refractivity contribution is 5.47. The fourth-order valence-corrected chi connectivity index (χ4v) is 4.81. The summed E-state index contributed by atoms with van der Waals surface area (Å²) in [5.41, 5.74) is 0.947. The third kappa shape index (κ3) is 4.43. The highest BCUT2D eigenvalue weighted by atomic mass is 19.1. The summed E-state index contributed by atoms with van der Waals surface area (Å²) >= 11 is 0. The average molecular weight is 487 g/mol. The Hall–Kier alpha value is -3.81. The minimum atomic E-state index is -1.43. The molecule has 36 heavy (non-hydrogen) atoms. The zero-order valence-electron chi connectivity index (χ0n) is 19.8. The summed E-state index contributed by atoms with van der Waals surface area (Å²) in [6, 6.07) is 29.7. The van der Waals surface area contributed by atoms with Crippen LogP contribution >= 0.6 is 0 Å². The van der Waals surface area contributed by atoms with Gasteiger partial charge in [0.2, 0.25) is 0 Å². The number of aromatic nitrogens is 2. The van der Waals surface area contributed by atoms with Gasteiger partial charge in [-0.3, -0.25) is 14.3 Å². The van der Waals surface area contributed by atoms with E-state index >= 15 is 4.39 Å². The van der Waals surface area contributed by atoms with E-state index in [1.807, 2.05) is 91.0 Å². The zero-order chi connectivity index (χ0) is 25.1. The van der Waals surface area contributed by atoms with Gasteiger partial charge in [0.05, 0.1) is 12.7 Å². The van der Waals surface area contributed by atoms with Crippen LogP contribution in [0.1, 0.15) is 34.9 Å². The number of hydrogen-bond acceptors (Lipinski definition) is 4. The normalized spacial score (nSPS) is 19.9. The van der Waals surface area contributed by atoms with Gasteiger partial charge in [-0.25, -0.2) is 9.18 Å². The number of ether oxygens (including phenoxy) is 2. The first-order chi connectivity index (χ1) is 17.5. The van der Waals surface area contributed by atoms with Crippen molar-refractivity contribution in [3.63, 3.8) is 0 Å². The van der Waals surface area contributed by atoms with Crippen molar-refractivity contribution in [3.8, 4) is 0 Å². The van der Waals surface area contributed by atoms with E-state index in [1.54, 1.807) is 6.92 Å². The number of aromatic amines is 1. The van der Waals surface area contributed by atoms with Crippen molar-refractivity contribution in [2.45, 2.75) is 37.4 Å². The minimum absolute atomic E-state index is 0.0593. The van der Waals surface area contributed by atoms with Crippen LogP contribution in [0.2, 0.25) is 0 Å². The van der Waals surface area contributed by atoms with Crippen LogP contribution in [-0.2, 0) is 15.1 Å². The lowest BCUT2D eigenvalue weighted by Gasteiger charge is -2.36. The van der Waals surface area contributed by atoms with Crippen molar-refractivity contribution in [3.05, 3.63) is 140 Å². The highest BCUT2D eigenvalue weighted by Gasteiger charge is 2.42. The molecular formula is C29H27FN2O4. The summed E-state index contributed by atoms with van der Waals surface area (Å²) in [5.74, 6) is 0. The predicted octanol–water partition coefficient (Wildman–Crippen LogP) is 4.48. The van der Waals surface area contributed by atoms with Gasteiger partial charge in [-0.15, -0.1) is 0 Å². The SMILES string of the molecule is Cc1cn(C2OC(COC(c3ccccc3)(c3ccccc3)c3ccccc3)CC2F)c(=O)[nH]c1=O. The molecule has 0 saturated carbocycles. The van der Waals surface area contributed by atoms with E-state index < -0.39 is 35.4 Å². The molecule has 4 aromatic rings. The van der Waals surface area contributed by atoms with Crippen LogP contribution in [-0.4, -0.2) is 28.4 Å². The minimum Gasteiger partial charge on any atom is -0.358 e. The first kappa shape index (κ1) is 23.9. The van der Waals surface area contributed by atoms with E-state index in [0.717, 1.165) is 21.3 Å². The Bertz CT molecular complexity index is 1320. The van der Waals surface area contributed by atoms with Crippen molar-refractivity contribution in [1.29, 1.82) is 0 Å². The first-order valence-corrected chi connectivity index (χ1v) is 11.9. The van der Waals surface area contributed by atoms with Gasteiger partial charge in [0, 0.05) is 18.2 Å². The van der Waals surface area contributed by atoms with Crippen molar-refractivity contribution >= 4 is 0 Å². The Morgan fingerprint density at radius 3 is 1.92 bits per heavy atom. The van der Waals surface area contributed by atoms with Crippen LogP contribution in [0.5, 0.6) is 0 Å². The smallest absolute Gasteiger partial charge is 0.330 e. The number of nitrogens with one attached hydrogen (secondary N) is 1. The molecule has 7 heteroatoms. The fraction of sp³-hybridized carbons (Fsp3) is 0.241. The van der Waals surface area contributed by atoms with Crippen molar-refractivity contribution in [2.24, 2.45) is 0 Å². The molecule has 2 heterocycles. The van der Waals surface area contributed by atoms with Gasteiger partial charge in [0.1, 0.15) is 11.8 Å². The highest BCUT2D eigenvalue weighted by Crippen LogP contribution is 2.41. The summed E-state index contributed by atoms with van der Waals surface area (Å²) < 4.78 is 28.9. The van der Waals surface area contributed by atoms with E-state index in [1.165, 1.54) is 6.20 Å². The Morgan fingerprint density at radius 1 is 0.917 bits per heavy atom. The second kappa shape index (κ2) is 10.0. The van der Waals surface area contributed by atoms with E-state index in [4.69, 9.17) is 9.47 Å². The van der Waals surface area contributed by atoms with Crippen LogP contribution in [0.3, 0.4) is 0 Å². The zero-order valence-corrected chi connectivity index (χ0v) is 19.8. The maximum absolute atomic E-state index is 15.1. The fourth-order valence-electron chi connectivity index (χ4n) is 4.81. The number of rotatable bonds is 7. The maximum Gasteiger partial charge on any atom is 0.330 e. The Labute approximate surface area is 208 Å². The van der Waals surface area contributed by atoms with Gasteiger partial charge in [-0.05, 0) is 23.6 Å². The summed E-state index contributed by atoms with van der Waals surface area (Å²) in [5, 5.41) is 0. The van der Waals surface area contributed by atoms with Gasteiger partial charge in [-0.1, -0.05) is 91.0 Å². The Balaban J connectivity index is 1.49. The van der Waals surface area contributed by atoms with Crippen molar-refractivity contribution in [2.75, 3.05) is 6.61 Å². The molecule has 3 unspecified atom stereocenters. The molecule has 0 spiro atoms. The number of halogens is 1. The van der Waals surface area contributed by atoms with Crippen LogP contribution in [0.4, 0.5) is 4.39 Å². The molecule has 6 nitrogen and oxygen atoms in total. The summed E-state index contributed by atoms with van der Waals surface area (Å²) in [4.78, 5) is 26.3. The van der Waals surface area contributed by atoms with Gasteiger partial charge >= 0.3 is 5.69 Å². The van der Waals surface area contributed by atoms with Crippen LogP contribution in [0.15, 0.2) is 107 Å². The molecule has 5 rings (SSSR count). The lowest BCUT2D eigenvalue weighted by atomic mass is 9.80. The quantitative estimate of drug-likeness (QED) is 0.391. The van der Waals surface area contributed by atoms with E-state index in [0.29, 0.717) is 5.56 Å². The number of hydrogen-bond donors (Lipinski definition) is 1. The number of benzene rings is 3. The molecular weight excluding hydrogens is 459 g/mol. The van der Waals surface area contributed by atoms with Gasteiger partial charge in [-0.2, -0.15) is 0 Å². The Kier molecular flexibility index (Phi) is 6.67. The molecule has 1 saturated heterocycles. The molecule has 184 valence electrons. The lowest BCUT2D eigenvalue weighted by Crippen LogP contribution is -2.36. The van der Waals surface area contributed by atoms with Crippen LogP contribution in [0, 0.1) is 6.92 Å². The topological polar surface area (TPSA) is 73.3 Å². The lowest BCUT2D eigenvalue weighted by molar-refractivity contribution is -0.0826. The molecule has 0 radical (unpaired) electrons. The molecule has 1 aliphatic rings. The second-order valence-electron chi connectivity index (χ2n) is 8.97. The Morgan fingerprint density at radius 2 is 1.42 bits per heavy atom. The van der Waals surface area contributed by atoms with Crippen molar-refractivity contribution < 1.29 is 13.9 Å². The maximum atomic E-state index is 15.1. The van der Waals surface area contributed by atoms with Crippen LogP contribution in [0.25, 0.3) is 0 Å². The third-order valence-corrected chi connectivity index (χ3v) is 6.58. The number of nitrogens with zero attached hydrogens (tertiary/aromatic N) is 1. The molecule has 0 amide bonds. The number of alkyl halides is 1. The second-order valence-corrected chi connectivity index (χ2v) is 8.97. The van der Waals surface area contributed by atoms with Gasteiger partial charge < -0.3 is 9.47 Å². The number of H-pyrrole nitrogens is 1. The molecule has 0 aliphatic carbocycles. The molecule has 1 N–H and O–H groups in total. The molecule has 1 fully saturated rings. The van der Waals surface area contributed by atoms with Gasteiger partial charge in [0.25, 0.3) is 5.56 Å². The van der Waals surface area contributed by atoms with E-state index in [2.05, 4.69) is 4.98 Å². The van der Waals surface area contributed by atoms with E-state index in [9.17, 15) is 9.59 Å². The van der Waals surface area contributed by atoms with Crippen molar-refractivity contribution in [1.82, 2.24) is 9.55 Å². The van der Waals surface area contributed by atoms with E-state index in [-0.39, 0.29) is 13.0 Å². The molecule has 0 bridgehead atoms. The average Bonchev–Trinajstić information content (AvgIpc) is 3.28. The molecule has 3 aromatic carbocycles. The number of aryl methyl sites for hydroxylation is 1. The van der Waals surface area contributed by atoms with Gasteiger partial charge in [0.15, 0.2) is 6.23 Å². The largest absolute Gasteiger partial charge is 0.358 e. The third-order valence-electron chi connectivity index (χ3n) is 6.58. The molecule has 3 atom stereocenters. The summed E-state index contributed by atoms with van der Waals surface area (Å²) in [7, 11) is 0.